The van der Waals surface area contributed by atoms with Gasteiger partial charge in [-0.3, -0.25) is 4.90 Å². The third-order valence-electron chi connectivity index (χ3n) is 12.7. The number of aryl methyl sites for hydroxylation is 1. The molecule has 3 aliphatic heterocycles. The molecule has 0 saturated carbocycles. The Kier molecular flexibility index (Phi) is 14.1. The van der Waals surface area contributed by atoms with E-state index in [2.05, 4.69) is 57.3 Å². The second kappa shape index (κ2) is 21.2. The van der Waals surface area contributed by atoms with Crippen LogP contribution < -0.4 is 34.1 Å². The van der Waals surface area contributed by atoms with Crippen LogP contribution in [0, 0.1) is 12.7 Å². The summed E-state index contributed by atoms with van der Waals surface area (Å²) in [5, 5.41) is 5.48. The number of methoxy groups -OCH3 is 2. The van der Waals surface area contributed by atoms with Gasteiger partial charge >= 0.3 is 12.0 Å². The minimum atomic E-state index is -0.277. The van der Waals surface area contributed by atoms with Crippen molar-refractivity contribution in [3.05, 3.63) is 120 Å². The highest BCUT2D eigenvalue weighted by Gasteiger charge is 2.27. The Labute approximate surface area is 401 Å². The van der Waals surface area contributed by atoms with Crippen LogP contribution in [-0.4, -0.2) is 131 Å². The molecular formula is C53H57FN8O7. The fraction of sp³-hybridized carbons (Fsp3) is 0.358. The molecule has 3 saturated heterocycles. The van der Waals surface area contributed by atoms with Crippen LogP contribution in [0.3, 0.4) is 0 Å². The number of hydrogen-bond donors (Lipinski definition) is 1. The van der Waals surface area contributed by atoms with Crippen molar-refractivity contribution >= 4 is 44.8 Å². The number of morpholine rings is 3. The minimum Gasteiger partial charge on any atom is -0.493 e. The van der Waals surface area contributed by atoms with Gasteiger partial charge in [-0.05, 0) is 101 Å². The third kappa shape index (κ3) is 10.9. The summed E-state index contributed by atoms with van der Waals surface area (Å²) in [7, 11) is 3.26. The van der Waals surface area contributed by atoms with Crippen LogP contribution in [0.1, 0.15) is 22.8 Å². The zero-order valence-electron chi connectivity index (χ0n) is 39.3. The van der Waals surface area contributed by atoms with Crippen LogP contribution >= 0.6 is 0 Å². The average molecular weight is 937 g/mol. The highest BCUT2D eigenvalue weighted by molar-refractivity contribution is 5.94. The molecule has 1 N–H and O–H groups in total. The highest BCUT2D eigenvalue weighted by Crippen LogP contribution is 2.36. The second-order valence-corrected chi connectivity index (χ2v) is 17.4. The van der Waals surface area contributed by atoms with Crippen LogP contribution in [0.4, 0.5) is 27.4 Å². The minimum absolute atomic E-state index is 0.252. The number of aromatic nitrogens is 4. The fourth-order valence-electron chi connectivity index (χ4n) is 9.14. The lowest BCUT2D eigenvalue weighted by molar-refractivity contribution is 0.0316. The monoisotopic (exact) mass is 936 g/mol. The molecule has 358 valence electrons. The van der Waals surface area contributed by atoms with Crippen molar-refractivity contribution in [1.82, 2.24) is 24.8 Å². The van der Waals surface area contributed by atoms with Crippen LogP contribution in [0.5, 0.6) is 23.5 Å². The number of nitrogens with zero attached hydrogens (tertiary/aromatic N) is 7. The third-order valence-corrected chi connectivity index (χ3v) is 12.7. The van der Waals surface area contributed by atoms with E-state index in [0.29, 0.717) is 89.2 Å². The van der Waals surface area contributed by atoms with E-state index < -0.39 is 0 Å². The molecule has 5 heterocycles. The summed E-state index contributed by atoms with van der Waals surface area (Å²) in [5.41, 5.74) is 8.42. The van der Waals surface area contributed by atoms with E-state index in [1.54, 1.807) is 26.4 Å². The van der Waals surface area contributed by atoms with Crippen molar-refractivity contribution in [2.24, 2.45) is 0 Å². The summed E-state index contributed by atoms with van der Waals surface area (Å²) in [6.07, 6.45) is 0.390. The predicted octanol–water partition coefficient (Wildman–Crippen LogP) is 8.20. The van der Waals surface area contributed by atoms with Crippen LogP contribution in [0.25, 0.3) is 32.9 Å². The predicted molar refractivity (Wildman–Crippen MR) is 264 cm³/mol. The molecule has 3 aliphatic rings. The van der Waals surface area contributed by atoms with Gasteiger partial charge in [0.15, 0.2) is 11.5 Å². The van der Waals surface area contributed by atoms with Crippen LogP contribution in [0.15, 0.2) is 97.1 Å². The first kappa shape index (κ1) is 45.9. The quantitative estimate of drug-likeness (QED) is 0.0996. The lowest BCUT2D eigenvalue weighted by Crippen LogP contribution is -2.39. The Morgan fingerprint density at radius 3 is 2.04 bits per heavy atom. The van der Waals surface area contributed by atoms with E-state index in [4.69, 9.17) is 53.1 Å². The molecular weight excluding hydrogens is 880 g/mol. The molecule has 1 unspecified atom stereocenters. The SMILES string of the molecule is COc1ccc(CCOc2nc(N3CCOCC3)c3cc(Nc4cc(C)cc(C5CN(c6nc(OCCN7CCOCC7)nc7ccc(-c8ccc(F)cc8)cc67)CCO5)c4)ccc3n2)cc1OC. The van der Waals surface area contributed by atoms with Gasteiger partial charge < -0.3 is 48.3 Å². The number of anilines is 4. The van der Waals surface area contributed by atoms with E-state index in [0.717, 1.165) is 105 Å². The van der Waals surface area contributed by atoms with Crippen molar-refractivity contribution < 1.29 is 37.5 Å². The van der Waals surface area contributed by atoms with Crippen molar-refractivity contribution in [3.8, 4) is 34.6 Å². The summed E-state index contributed by atoms with van der Waals surface area (Å²) < 4.78 is 55.1. The first-order chi connectivity index (χ1) is 33.8. The molecule has 0 spiro atoms. The van der Waals surface area contributed by atoms with Crippen molar-refractivity contribution in [1.29, 1.82) is 0 Å². The van der Waals surface area contributed by atoms with E-state index >= 15 is 0 Å². The first-order valence-corrected chi connectivity index (χ1v) is 23.6. The standard InChI is InChI=1S/C53H57FN8O7/c1-35-28-39(49-34-62(20-27-67-49)51-43-32-38(37-5-8-40(54)9-6-37)7-11-45(43)56-53(59-51)69-26-17-60-15-22-65-23-16-60)31-42(29-35)55-41-10-12-46-44(33-41)50(61-18-24-66-25-19-61)58-52(57-46)68-21-14-36-4-13-47(63-2)48(30-36)64-3/h4-13,28-33,49,55H,14-27,34H2,1-3H3. The maximum absolute atomic E-state index is 13.9. The summed E-state index contributed by atoms with van der Waals surface area (Å²) in [5.74, 6) is 2.66. The van der Waals surface area contributed by atoms with Crippen molar-refractivity contribution in [3.63, 3.8) is 0 Å². The molecule has 10 rings (SSSR count). The number of fused-ring (bicyclic) bond motifs is 2. The topological polar surface area (TPSA) is 138 Å². The molecule has 3 fully saturated rings. The first-order valence-electron chi connectivity index (χ1n) is 23.6. The summed E-state index contributed by atoms with van der Waals surface area (Å²) in [6.45, 7) is 11.2. The number of halogens is 1. The molecule has 0 bridgehead atoms. The lowest BCUT2D eigenvalue weighted by Gasteiger charge is -2.35. The smallest absolute Gasteiger partial charge is 0.318 e. The number of benzene rings is 5. The summed E-state index contributed by atoms with van der Waals surface area (Å²) >= 11 is 0. The molecule has 0 radical (unpaired) electrons. The van der Waals surface area contributed by atoms with Gasteiger partial charge in [0.05, 0.1) is 64.9 Å². The number of hydrogen-bond acceptors (Lipinski definition) is 15. The average Bonchev–Trinajstić information content (AvgIpc) is 3.38. The molecule has 16 heteroatoms. The van der Waals surface area contributed by atoms with Crippen LogP contribution in [0.2, 0.25) is 0 Å². The van der Waals surface area contributed by atoms with Crippen LogP contribution in [-0.2, 0) is 20.6 Å². The lowest BCUT2D eigenvalue weighted by atomic mass is 10.0. The van der Waals surface area contributed by atoms with Gasteiger partial charge in [-0.2, -0.15) is 19.9 Å². The Bertz CT molecular complexity index is 2900. The molecule has 5 aromatic carbocycles. The van der Waals surface area contributed by atoms with Gasteiger partial charge in [-0.1, -0.05) is 30.3 Å². The van der Waals surface area contributed by atoms with E-state index in [9.17, 15) is 4.39 Å². The Hall–Kier alpha value is -6.85. The van der Waals surface area contributed by atoms with Crippen molar-refractivity contribution in [2.75, 3.05) is 121 Å². The summed E-state index contributed by atoms with van der Waals surface area (Å²) in [4.78, 5) is 26.6. The molecule has 69 heavy (non-hydrogen) atoms. The molecule has 0 aliphatic carbocycles. The van der Waals surface area contributed by atoms with Gasteiger partial charge in [-0.25, -0.2) is 4.39 Å². The molecule has 1 atom stereocenters. The van der Waals surface area contributed by atoms with Gasteiger partial charge in [-0.15, -0.1) is 0 Å². The molecule has 7 aromatic rings. The molecule has 2 aromatic heterocycles. The van der Waals surface area contributed by atoms with Crippen molar-refractivity contribution in [2.45, 2.75) is 19.4 Å². The van der Waals surface area contributed by atoms with Gasteiger partial charge in [0.1, 0.15) is 30.2 Å². The maximum Gasteiger partial charge on any atom is 0.318 e. The van der Waals surface area contributed by atoms with Gasteiger partial charge in [0.25, 0.3) is 0 Å². The summed E-state index contributed by atoms with van der Waals surface area (Å²) in [6, 6.07) is 31.8. The van der Waals surface area contributed by atoms with Gasteiger partial charge in [0, 0.05) is 74.4 Å². The Morgan fingerprint density at radius 2 is 1.29 bits per heavy atom. The number of ether oxygens (including phenoxy) is 7. The van der Waals surface area contributed by atoms with E-state index in [1.807, 2.05) is 42.5 Å². The second-order valence-electron chi connectivity index (χ2n) is 17.4. The fourth-order valence-corrected chi connectivity index (χ4v) is 9.14. The van der Waals surface area contributed by atoms with E-state index in [1.165, 1.54) is 12.1 Å². The molecule has 0 amide bonds. The zero-order valence-corrected chi connectivity index (χ0v) is 39.3. The normalized spacial score (nSPS) is 16.7. The van der Waals surface area contributed by atoms with E-state index in [-0.39, 0.29) is 11.9 Å². The Balaban J connectivity index is 0.890. The Morgan fingerprint density at radius 1 is 0.623 bits per heavy atom. The van der Waals surface area contributed by atoms with Gasteiger partial charge in [0.2, 0.25) is 0 Å². The zero-order chi connectivity index (χ0) is 47.1. The number of rotatable bonds is 16. The highest BCUT2D eigenvalue weighted by atomic mass is 19.1. The largest absolute Gasteiger partial charge is 0.493 e. The number of nitrogens with one attached hydrogen (secondary N) is 1. The maximum atomic E-state index is 13.9. The molecule has 15 nitrogen and oxygen atoms in total.